The summed E-state index contributed by atoms with van der Waals surface area (Å²) in [6.45, 7) is 0.475. The van der Waals surface area contributed by atoms with E-state index in [1.54, 1.807) is 12.1 Å². The van der Waals surface area contributed by atoms with Gasteiger partial charge in [-0.1, -0.05) is 0 Å². The predicted molar refractivity (Wildman–Crippen MR) is 60.0 cm³/mol. The molecule has 4 N–H and O–H groups in total. The van der Waals surface area contributed by atoms with Crippen LogP contribution in [0.1, 0.15) is 12.8 Å². The minimum absolute atomic E-state index is 0.0573. The lowest BCUT2D eigenvalue weighted by Gasteiger charge is -2.09. The molecule has 0 saturated heterocycles. The quantitative estimate of drug-likeness (QED) is 0.501. The van der Waals surface area contributed by atoms with Crippen LogP contribution >= 0.6 is 0 Å². The number of hydrazine groups is 1. The molecule has 0 radical (unpaired) electrons. The van der Waals surface area contributed by atoms with Crippen LogP contribution in [0, 0.1) is 5.92 Å². The molecule has 6 nitrogen and oxygen atoms in total. The van der Waals surface area contributed by atoms with E-state index in [0.717, 1.165) is 12.8 Å². The summed E-state index contributed by atoms with van der Waals surface area (Å²) in [6, 6.07) is 3.19. The molecule has 2 rings (SSSR count). The minimum Gasteiger partial charge on any atom is -0.321 e. The summed E-state index contributed by atoms with van der Waals surface area (Å²) in [4.78, 5) is 3.83. The second-order valence-corrected chi connectivity index (χ2v) is 5.48. The lowest BCUT2D eigenvalue weighted by Crippen LogP contribution is -2.28. The first-order chi connectivity index (χ1) is 7.63. The highest BCUT2D eigenvalue weighted by Gasteiger charge is 2.26. The molecule has 0 bridgehead atoms. The Morgan fingerprint density at radius 3 is 2.88 bits per heavy atom. The van der Waals surface area contributed by atoms with Crippen molar-refractivity contribution in [3.05, 3.63) is 18.3 Å². The van der Waals surface area contributed by atoms with E-state index in [4.69, 9.17) is 5.84 Å². The first-order valence-corrected chi connectivity index (χ1v) is 6.53. The van der Waals surface area contributed by atoms with Crippen molar-refractivity contribution in [3.8, 4) is 0 Å². The van der Waals surface area contributed by atoms with Crippen LogP contribution in [-0.4, -0.2) is 19.9 Å². The van der Waals surface area contributed by atoms with Gasteiger partial charge in [0.25, 0.3) is 10.0 Å². The number of aromatic nitrogens is 1. The fraction of sp³-hybridized carbons (Fsp3) is 0.444. The van der Waals surface area contributed by atoms with E-state index < -0.39 is 10.0 Å². The van der Waals surface area contributed by atoms with E-state index in [2.05, 4.69) is 15.1 Å². The fourth-order valence-electron chi connectivity index (χ4n) is 1.33. The van der Waals surface area contributed by atoms with Gasteiger partial charge in [-0.15, -0.1) is 0 Å². The number of sulfonamides is 1. The monoisotopic (exact) mass is 242 g/mol. The van der Waals surface area contributed by atoms with Crippen LogP contribution in [0.4, 0.5) is 5.69 Å². The second-order valence-electron chi connectivity index (χ2n) is 3.80. The summed E-state index contributed by atoms with van der Waals surface area (Å²) in [5, 5.41) is -0.0573. The fourth-order valence-corrected chi connectivity index (χ4v) is 2.54. The van der Waals surface area contributed by atoms with Crippen LogP contribution in [0.15, 0.2) is 23.4 Å². The summed E-state index contributed by atoms with van der Waals surface area (Å²) >= 11 is 0. The first-order valence-electron chi connectivity index (χ1n) is 5.05. The van der Waals surface area contributed by atoms with E-state index in [1.165, 1.54) is 6.20 Å². The molecule has 0 amide bonds. The molecule has 1 saturated carbocycles. The zero-order valence-corrected chi connectivity index (χ0v) is 9.50. The molecule has 0 aromatic carbocycles. The molecule has 88 valence electrons. The maximum absolute atomic E-state index is 11.9. The van der Waals surface area contributed by atoms with Gasteiger partial charge in [-0.25, -0.2) is 18.1 Å². The highest BCUT2D eigenvalue weighted by Crippen LogP contribution is 2.28. The summed E-state index contributed by atoms with van der Waals surface area (Å²) in [7, 11) is -3.56. The van der Waals surface area contributed by atoms with Crippen LogP contribution in [0.5, 0.6) is 0 Å². The number of hydrogen-bond acceptors (Lipinski definition) is 5. The first kappa shape index (κ1) is 11.3. The number of nitrogens with one attached hydrogen (secondary N) is 2. The molecule has 1 aliphatic rings. The van der Waals surface area contributed by atoms with Crippen LogP contribution in [-0.2, 0) is 10.0 Å². The summed E-state index contributed by atoms with van der Waals surface area (Å²) in [5.74, 6) is 5.71. The van der Waals surface area contributed by atoms with Crippen LogP contribution in [0.25, 0.3) is 0 Å². The molecule has 7 heteroatoms. The largest absolute Gasteiger partial charge is 0.321 e. The minimum atomic E-state index is -3.56. The average molecular weight is 242 g/mol. The molecule has 0 aliphatic heterocycles. The van der Waals surface area contributed by atoms with E-state index in [1.807, 2.05) is 0 Å². The Morgan fingerprint density at radius 1 is 1.50 bits per heavy atom. The lowest BCUT2D eigenvalue weighted by atomic mass is 10.4. The van der Waals surface area contributed by atoms with Gasteiger partial charge in [0.2, 0.25) is 0 Å². The average Bonchev–Trinajstić information content (AvgIpc) is 3.10. The van der Waals surface area contributed by atoms with Gasteiger partial charge in [-0.05, 0) is 30.9 Å². The molecule has 0 unspecified atom stereocenters. The van der Waals surface area contributed by atoms with Gasteiger partial charge in [-0.3, -0.25) is 5.84 Å². The third kappa shape index (κ3) is 2.49. The Labute approximate surface area is 94.3 Å². The van der Waals surface area contributed by atoms with Crippen molar-refractivity contribution < 1.29 is 8.42 Å². The summed E-state index contributed by atoms with van der Waals surface area (Å²) in [5.41, 5.74) is 2.62. The molecule has 1 aromatic heterocycles. The predicted octanol–water partition coefficient (Wildman–Crippen LogP) is 0.0555. The summed E-state index contributed by atoms with van der Waals surface area (Å²) in [6.07, 6.45) is 3.60. The molecule has 16 heavy (non-hydrogen) atoms. The van der Waals surface area contributed by atoms with E-state index in [9.17, 15) is 8.42 Å². The number of nitrogens with zero attached hydrogens (tertiary/aromatic N) is 1. The van der Waals surface area contributed by atoms with Gasteiger partial charge in [0, 0.05) is 12.7 Å². The Morgan fingerprint density at radius 2 is 2.25 bits per heavy atom. The van der Waals surface area contributed by atoms with Crippen molar-refractivity contribution in [3.63, 3.8) is 0 Å². The summed E-state index contributed by atoms with van der Waals surface area (Å²) < 4.78 is 26.3. The van der Waals surface area contributed by atoms with E-state index >= 15 is 0 Å². The van der Waals surface area contributed by atoms with Crippen molar-refractivity contribution in [2.75, 3.05) is 12.0 Å². The van der Waals surface area contributed by atoms with Crippen molar-refractivity contribution in [1.29, 1.82) is 0 Å². The maximum Gasteiger partial charge on any atom is 0.260 e. The highest BCUT2D eigenvalue weighted by molar-refractivity contribution is 7.89. The molecule has 1 aliphatic carbocycles. The highest BCUT2D eigenvalue weighted by atomic mass is 32.2. The molecule has 1 heterocycles. The standard InChI is InChI=1S/C9H14N4O2S/c10-13-8-2-1-5-11-9(8)16(14,15)12-6-7-3-4-7/h1-2,5,7,12-13H,3-4,6,10H2. The molecule has 0 spiro atoms. The van der Waals surface area contributed by atoms with Gasteiger partial charge in [0.1, 0.15) is 0 Å². The van der Waals surface area contributed by atoms with Gasteiger partial charge in [0.15, 0.2) is 5.03 Å². The third-order valence-corrected chi connectivity index (χ3v) is 3.82. The number of nitrogens with two attached hydrogens (primary N) is 1. The number of rotatable bonds is 5. The number of nitrogen functional groups attached to an aromatic ring is 1. The SMILES string of the molecule is NNc1cccnc1S(=O)(=O)NCC1CC1. The molecule has 1 fully saturated rings. The second kappa shape index (κ2) is 4.36. The topological polar surface area (TPSA) is 97.1 Å². The van der Waals surface area contributed by atoms with E-state index in [-0.39, 0.29) is 5.03 Å². The molecule has 0 atom stereocenters. The third-order valence-electron chi connectivity index (χ3n) is 2.44. The Hall–Kier alpha value is -1.18. The lowest BCUT2D eigenvalue weighted by molar-refractivity contribution is 0.574. The number of hydrogen-bond donors (Lipinski definition) is 3. The van der Waals surface area contributed by atoms with Crippen LogP contribution < -0.4 is 16.0 Å². The van der Waals surface area contributed by atoms with Gasteiger partial charge < -0.3 is 5.43 Å². The number of pyridine rings is 1. The van der Waals surface area contributed by atoms with Gasteiger partial charge >= 0.3 is 0 Å². The molecule has 1 aromatic rings. The number of anilines is 1. The Bertz CT molecular complexity index is 470. The van der Waals surface area contributed by atoms with Gasteiger partial charge in [-0.2, -0.15) is 0 Å². The van der Waals surface area contributed by atoms with Crippen molar-refractivity contribution in [2.24, 2.45) is 11.8 Å². The van der Waals surface area contributed by atoms with Crippen molar-refractivity contribution >= 4 is 15.7 Å². The van der Waals surface area contributed by atoms with E-state index in [0.29, 0.717) is 18.2 Å². The molecular formula is C9H14N4O2S. The Kier molecular flexibility index (Phi) is 3.08. The zero-order chi connectivity index (χ0) is 11.6. The van der Waals surface area contributed by atoms with Crippen LogP contribution in [0.3, 0.4) is 0 Å². The zero-order valence-electron chi connectivity index (χ0n) is 8.68. The van der Waals surface area contributed by atoms with Crippen LogP contribution in [0.2, 0.25) is 0 Å². The Balaban J connectivity index is 2.19. The van der Waals surface area contributed by atoms with Gasteiger partial charge in [0.05, 0.1) is 5.69 Å². The smallest absolute Gasteiger partial charge is 0.260 e. The molecular weight excluding hydrogens is 228 g/mol. The normalized spacial score (nSPS) is 16.1. The van der Waals surface area contributed by atoms with Crippen molar-refractivity contribution in [2.45, 2.75) is 17.9 Å². The maximum atomic E-state index is 11.9. The van der Waals surface area contributed by atoms with Crippen molar-refractivity contribution in [1.82, 2.24) is 9.71 Å².